The fourth-order valence-corrected chi connectivity index (χ4v) is 2.44. The van der Waals surface area contributed by atoms with E-state index in [9.17, 15) is 0 Å². The molecule has 0 aromatic carbocycles. The maximum atomic E-state index is 5.57. The predicted molar refractivity (Wildman–Crippen MR) is 67.1 cm³/mol. The Morgan fingerprint density at radius 1 is 1.18 bits per heavy atom. The number of hydrogen-bond donors (Lipinski definition) is 1. The number of methoxy groups -OCH3 is 3. The minimum absolute atomic E-state index is 0.164. The van der Waals surface area contributed by atoms with Gasteiger partial charge >= 0.3 is 0 Å². The van der Waals surface area contributed by atoms with Gasteiger partial charge in [0.25, 0.3) is 0 Å². The largest absolute Gasteiger partial charge is 0.383 e. The number of ether oxygens (including phenoxy) is 3. The highest BCUT2D eigenvalue weighted by Gasteiger charge is 2.36. The Hall–Kier alpha value is -0.200. The van der Waals surface area contributed by atoms with E-state index in [2.05, 4.69) is 4.90 Å². The van der Waals surface area contributed by atoms with Gasteiger partial charge in [0.1, 0.15) is 0 Å². The molecule has 1 rings (SSSR count). The summed E-state index contributed by atoms with van der Waals surface area (Å²) < 4.78 is 16.2. The number of nitrogens with zero attached hydrogens (tertiary/aromatic N) is 1. The van der Waals surface area contributed by atoms with Crippen LogP contribution >= 0.6 is 0 Å². The van der Waals surface area contributed by atoms with Crippen LogP contribution in [0.1, 0.15) is 12.8 Å². The molecule has 1 aliphatic heterocycles. The molecule has 2 N–H and O–H groups in total. The van der Waals surface area contributed by atoms with Crippen LogP contribution in [0, 0.1) is 0 Å². The van der Waals surface area contributed by atoms with Crippen molar-refractivity contribution in [1.29, 1.82) is 0 Å². The maximum absolute atomic E-state index is 5.57. The summed E-state index contributed by atoms with van der Waals surface area (Å²) in [5.74, 6) is 0. The average Bonchev–Trinajstić information content (AvgIpc) is 2.77. The lowest BCUT2D eigenvalue weighted by Gasteiger charge is -2.26. The number of hydrogen-bond acceptors (Lipinski definition) is 5. The van der Waals surface area contributed by atoms with Crippen LogP contribution in [0.4, 0.5) is 0 Å². The molecule has 17 heavy (non-hydrogen) atoms. The Kier molecular flexibility index (Phi) is 6.99. The first-order chi connectivity index (χ1) is 8.26. The van der Waals surface area contributed by atoms with E-state index in [0.717, 1.165) is 39.1 Å². The first-order valence-corrected chi connectivity index (χ1v) is 6.25. The first-order valence-electron chi connectivity index (χ1n) is 6.25. The second kappa shape index (κ2) is 8.00. The van der Waals surface area contributed by atoms with Crippen molar-refractivity contribution in [2.45, 2.75) is 31.1 Å². The van der Waals surface area contributed by atoms with Crippen LogP contribution < -0.4 is 5.73 Å². The van der Waals surface area contributed by atoms with E-state index in [1.807, 2.05) is 0 Å². The summed E-state index contributed by atoms with van der Waals surface area (Å²) in [6.45, 7) is 3.30. The average molecular weight is 246 g/mol. The van der Waals surface area contributed by atoms with Gasteiger partial charge in [-0.15, -0.1) is 0 Å². The lowest BCUT2D eigenvalue weighted by Crippen LogP contribution is -2.38. The lowest BCUT2D eigenvalue weighted by atomic mass is 10.1. The van der Waals surface area contributed by atoms with Crippen molar-refractivity contribution < 1.29 is 14.2 Å². The molecule has 0 aliphatic carbocycles. The van der Waals surface area contributed by atoms with Crippen molar-refractivity contribution in [3.8, 4) is 0 Å². The molecule has 1 saturated heterocycles. The molecule has 0 aromatic rings. The highest BCUT2D eigenvalue weighted by atomic mass is 16.5. The quantitative estimate of drug-likeness (QED) is 0.657. The summed E-state index contributed by atoms with van der Waals surface area (Å²) in [5, 5.41) is 0. The Morgan fingerprint density at radius 2 is 1.76 bits per heavy atom. The van der Waals surface area contributed by atoms with E-state index in [1.165, 1.54) is 0 Å². The summed E-state index contributed by atoms with van der Waals surface area (Å²) in [4.78, 5) is 2.39. The third-order valence-corrected chi connectivity index (χ3v) is 3.47. The van der Waals surface area contributed by atoms with Crippen molar-refractivity contribution in [2.75, 3.05) is 47.6 Å². The van der Waals surface area contributed by atoms with Gasteiger partial charge in [-0.05, 0) is 19.4 Å². The van der Waals surface area contributed by atoms with E-state index < -0.39 is 0 Å². The van der Waals surface area contributed by atoms with Crippen molar-refractivity contribution in [2.24, 2.45) is 5.73 Å². The highest BCUT2D eigenvalue weighted by Crippen LogP contribution is 2.20. The molecule has 0 amide bonds. The van der Waals surface area contributed by atoms with Gasteiger partial charge in [0, 0.05) is 40.5 Å². The molecule has 1 heterocycles. The Labute approximate surface area is 104 Å². The minimum Gasteiger partial charge on any atom is -0.383 e. The van der Waals surface area contributed by atoms with E-state index in [1.54, 1.807) is 21.3 Å². The van der Waals surface area contributed by atoms with Crippen LogP contribution in [-0.4, -0.2) is 70.7 Å². The molecule has 0 spiro atoms. The fourth-order valence-electron chi connectivity index (χ4n) is 2.44. The highest BCUT2D eigenvalue weighted by molar-refractivity contribution is 4.89. The molecule has 1 fully saturated rings. The van der Waals surface area contributed by atoms with Gasteiger partial charge < -0.3 is 19.9 Å². The topological polar surface area (TPSA) is 57.0 Å². The first kappa shape index (κ1) is 14.9. The monoisotopic (exact) mass is 246 g/mol. The summed E-state index contributed by atoms with van der Waals surface area (Å²) >= 11 is 0. The molecule has 0 radical (unpaired) electrons. The van der Waals surface area contributed by atoms with Gasteiger partial charge in [-0.3, -0.25) is 4.90 Å². The molecule has 0 saturated carbocycles. The van der Waals surface area contributed by atoms with Crippen molar-refractivity contribution in [3.05, 3.63) is 0 Å². The normalized spacial score (nSPS) is 27.5. The molecule has 3 unspecified atom stereocenters. The molecule has 1 aliphatic rings. The van der Waals surface area contributed by atoms with E-state index in [-0.39, 0.29) is 12.2 Å². The van der Waals surface area contributed by atoms with Gasteiger partial charge in [-0.2, -0.15) is 0 Å². The van der Waals surface area contributed by atoms with Gasteiger partial charge in [0.2, 0.25) is 0 Å². The smallest absolute Gasteiger partial charge is 0.0971 e. The van der Waals surface area contributed by atoms with Gasteiger partial charge in [0.15, 0.2) is 0 Å². The third kappa shape index (κ3) is 4.19. The predicted octanol–water partition coefficient (Wildman–Crippen LogP) is 0.0859. The van der Waals surface area contributed by atoms with E-state index in [4.69, 9.17) is 19.9 Å². The van der Waals surface area contributed by atoms with Crippen molar-refractivity contribution in [1.82, 2.24) is 4.90 Å². The second-order valence-electron chi connectivity index (χ2n) is 4.54. The molecular weight excluding hydrogens is 220 g/mol. The SMILES string of the molecule is COCC(CCCN)N1CC(OC)C(OC)C1. The number of rotatable bonds is 8. The zero-order valence-corrected chi connectivity index (χ0v) is 11.2. The van der Waals surface area contributed by atoms with E-state index in [0.29, 0.717) is 6.04 Å². The summed E-state index contributed by atoms with van der Waals surface area (Å²) in [5.41, 5.74) is 5.57. The molecule has 3 atom stereocenters. The lowest BCUT2D eigenvalue weighted by molar-refractivity contribution is -0.00461. The summed E-state index contributed by atoms with van der Waals surface area (Å²) in [6.07, 6.45) is 2.42. The third-order valence-electron chi connectivity index (χ3n) is 3.47. The minimum atomic E-state index is 0.164. The summed E-state index contributed by atoms with van der Waals surface area (Å²) in [7, 11) is 5.23. The van der Waals surface area contributed by atoms with Crippen LogP contribution in [0.2, 0.25) is 0 Å². The molecule has 102 valence electrons. The molecule has 5 nitrogen and oxygen atoms in total. The zero-order chi connectivity index (χ0) is 12.7. The Bertz CT molecular complexity index is 192. The molecule has 0 aromatic heterocycles. The standard InChI is InChI=1S/C12H26N2O3/c1-15-9-10(5-4-6-13)14-7-11(16-2)12(8-14)17-3/h10-12H,4-9,13H2,1-3H3. The summed E-state index contributed by atoms with van der Waals surface area (Å²) in [6, 6.07) is 0.418. The Balaban J connectivity index is 2.50. The second-order valence-corrected chi connectivity index (χ2v) is 4.54. The van der Waals surface area contributed by atoms with E-state index >= 15 is 0 Å². The Morgan fingerprint density at radius 3 is 2.18 bits per heavy atom. The van der Waals surface area contributed by atoms with Crippen LogP contribution in [0.5, 0.6) is 0 Å². The van der Waals surface area contributed by atoms with Crippen LogP contribution in [0.15, 0.2) is 0 Å². The van der Waals surface area contributed by atoms with Gasteiger partial charge in [-0.25, -0.2) is 0 Å². The van der Waals surface area contributed by atoms with Gasteiger partial charge in [-0.1, -0.05) is 0 Å². The van der Waals surface area contributed by atoms with Gasteiger partial charge in [0.05, 0.1) is 18.8 Å². The molecular formula is C12H26N2O3. The van der Waals surface area contributed by atoms with Crippen molar-refractivity contribution in [3.63, 3.8) is 0 Å². The number of nitrogens with two attached hydrogens (primary N) is 1. The maximum Gasteiger partial charge on any atom is 0.0971 e. The van der Waals surface area contributed by atoms with Crippen molar-refractivity contribution >= 4 is 0 Å². The fraction of sp³-hybridized carbons (Fsp3) is 1.00. The van der Waals surface area contributed by atoms with Crippen LogP contribution in [0.3, 0.4) is 0 Å². The zero-order valence-electron chi connectivity index (χ0n) is 11.2. The van der Waals surface area contributed by atoms with Crippen LogP contribution in [-0.2, 0) is 14.2 Å². The number of likely N-dealkylation sites (tertiary alicyclic amines) is 1. The van der Waals surface area contributed by atoms with Crippen LogP contribution in [0.25, 0.3) is 0 Å². The molecule has 5 heteroatoms. The molecule has 0 bridgehead atoms.